The van der Waals surface area contributed by atoms with Crippen molar-refractivity contribution in [2.75, 3.05) is 150 Å². The number of carbonyl (C=O) groups excluding carboxylic acids is 10. The normalized spacial score (nSPS) is 22.5. The number of esters is 7. The molecule has 752 valence electrons. The van der Waals surface area contributed by atoms with Gasteiger partial charge in [0, 0.05) is 63.3 Å². The van der Waals surface area contributed by atoms with Gasteiger partial charge in [-0.3, -0.25) is 38.4 Å². The van der Waals surface area contributed by atoms with E-state index in [0.29, 0.717) is 71.9 Å². The Balaban J connectivity index is 0.000000254. The molecule has 50 heteroatoms. The van der Waals surface area contributed by atoms with Gasteiger partial charge in [-0.1, -0.05) is 0 Å². The zero-order chi connectivity index (χ0) is 100. The molecule has 49 nitrogen and oxygen atoms in total. The Hall–Kier alpha value is -11.8. The fourth-order valence-electron chi connectivity index (χ4n) is 15.8. The van der Waals surface area contributed by atoms with E-state index in [-0.39, 0.29) is 181 Å². The van der Waals surface area contributed by atoms with Crippen LogP contribution in [-0.4, -0.2) is 335 Å². The van der Waals surface area contributed by atoms with Crippen molar-refractivity contribution in [1.29, 1.82) is 0 Å². The maximum Gasteiger partial charge on any atom is 1.00 e. The van der Waals surface area contributed by atoms with Crippen molar-refractivity contribution in [2.24, 2.45) is 11.5 Å². The van der Waals surface area contributed by atoms with E-state index < -0.39 is 158 Å². The fraction of sp³-hybridized carbons (Fsp3) is 0.586. The van der Waals surface area contributed by atoms with Crippen LogP contribution in [0.3, 0.4) is 0 Å². The van der Waals surface area contributed by atoms with Gasteiger partial charge in [-0.05, 0) is 75.2 Å². The summed E-state index contributed by atoms with van der Waals surface area (Å²) in [7, 11) is 10.7. The number of aromatic carboxylic acids is 1. The molecular formula is C87H117LiN8O41. The number of carboxylic acid groups (broad SMARTS) is 1. The van der Waals surface area contributed by atoms with Crippen LogP contribution >= 0.6 is 0 Å². The third kappa shape index (κ3) is 24.7. The molecule has 7 saturated heterocycles. The van der Waals surface area contributed by atoms with Crippen LogP contribution < -0.4 is 81.2 Å². The molecule has 5 aromatic rings. The van der Waals surface area contributed by atoms with Crippen molar-refractivity contribution in [1.82, 2.24) is 28.1 Å². The Bertz CT molecular complexity index is 5470. The zero-order valence-electron chi connectivity index (χ0n) is 79.4. The van der Waals surface area contributed by atoms with Crippen molar-refractivity contribution < 1.29 is 192 Å². The minimum Gasteiger partial charge on any atom is -0.870 e. The number of hydrogen-bond acceptors (Lipinski definition) is 42. The van der Waals surface area contributed by atoms with Crippen LogP contribution in [0.4, 0.5) is 0 Å². The quantitative estimate of drug-likeness (QED) is 0.0290. The minimum absolute atomic E-state index is 0. The molecule has 0 aliphatic carbocycles. The predicted molar refractivity (Wildman–Crippen MR) is 464 cm³/mol. The van der Waals surface area contributed by atoms with Crippen molar-refractivity contribution in [3.05, 3.63) is 139 Å². The van der Waals surface area contributed by atoms with Gasteiger partial charge in [-0.25, -0.2) is 38.4 Å². The van der Waals surface area contributed by atoms with E-state index in [2.05, 4.69) is 14.2 Å². The first-order chi connectivity index (χ1) is 64.0. The molecule has 9 aliphatic rings. The number of Topliss-reactive ketones (excluding diaryl/α,β-unsaturated/α-hetero) is 1. The Morgan fingerprint density at radius 2 is 0.810 bits per heavy atom. The maximum absolute atomic E-state index is 13.3. The van der Waals surface area contributed by atoms with Crippen LogP contribution in [0.2, 0.25) is 0 Å². The van der Waals surface area contributed by atoms with E-state index in [1.807, 2.05) is 13.8 Å². The smallest absolute Gasteiger partial charge is 0.870 e. The van der Waals surface area contributed by atoms with Gasteiger partial charge in [0.25, 0.3) is 17.6 Å². The summed E-state index contributed by atoms with van der Waals surface area (Å²) in [5.74, 6) is -10.2. The summed E-state index contributed by atoms with van der Waals surface area (Å²) in [6, 6.07) is -2.97. The minimum atomic E-state index is -1.38. The molecule has 137 heavy (non-hydrogen) atoms. The van der Waals surface area contributed by atoms with Gasteiger partial charge >= 0.3 is 66.6 Å². The number of carbonyl (C=O) groups is 11. The first kappa shape index (κ1) is 114. The number of ether oxygens (including phenoxy) is 19. The number of amides is 2. The second kappa shape index (κ2) is 50.5. The molecule has 0 aromatic carbocycles. The van der Waals surface area contributed by atoms with Gasteiger partial charge in [-0.2, -0.15) is 0 Å². The van der Waals surface area contributed by atoms with Crippen LogP contribution in [-0.2, 0) is 71.1 Å². The van der Waals surface area contributed by atoms with E-state index in [0.717, 1.165) is 33.8 Å². The summed E-state index contributed by atoms with van der Waals surface area (Å²) in [4.78, 5) is 200. The first-order valence-corrected chi connectivity index (χ1v) is 42.6. The third-order valence-corrected chi connectivity index (χ3v) is 22.1. The summed E-state index contributed by atoms with van der Waals surface area (Å²) in [5.41, 5.74) is 2.84. The number of nitrogens with zero attached hydrogens (tertiary/aromatic N) is 6. The number of aromatic nitrogens is 4. The van der Waals surface area contributed by atoms with Crippen LogP contribution in [0.25, 0.3) is 0 Å². The summed E-state index contributed by atoms with van der Waals surface area (Å²) in [5, 5.41) is 36.7. The number of hydrogen-bond donors (Lipinski definition) is 6. The van der Waals surface area contributed by atoms with E-state index in [1.54, 1.807) is 62.8 Å². The molecule has 9 aliphatic heterocycles. The number of carboxylic acids is 1. The van der Waals surface area contributed by atoms with E-state index in [9.17, 15) is 86.9 Å². The molecule has 14 heterocycles. The van der Waals surface area contributed by atoms with Gasteiger partial charge in [0.05, 0.1) is 191 Å². The summed E-state index contributed by atoms with van der Waals surface area (Å²) >= 11 is 0. The number of nitrogens with two attached hydrogens (primary N) is 2. The molecule has 0 unspecified atom stereocenters. The molecule has 2 spiro atoms. The summed E-state index contributed by atoms with van der Waals surface area (Å²) in [6.07, 6.45) is 5.36. The average molecular weight is 1940 g/mol. The van der Waals surface area contributed by atoms with Gasteiger partial charge in [0.15, 0.2) is 63.0 Å². The molecular weight excluding hydrogens is 1820 g/mol. The molecule has 0 radical (unpaired) electrons. The maximum atomic E-state index is 13.3. The number of aliphatic hydroxyl groups excluding tert-OH is 3. The molecule has 0 saturated carbocycles. The number of rotatable bonds is 19. The third-order valence-electron chi connectivity index (χ3n) is 22.1. The second-order valence-electron chi connectivity index (χ2n) is 32.2. The van der Waals surface area contributed by atoms with Crippen LogP contribution in [0.5, 0.6) is 28.7 Å². The van der Waals surface area contributed by atoms with Gasteiger partial charge < -0.3 is 160 Å². The summed E-state index contributed by atoms with van der Waals surface area (Å²) < 4.78 is 109. The van der Waals surface area contributed by atoms with Crippen molar-refractivity contribution in [2.45, 2.75) is 185 Å². The van der Waals surface area contributed by atoms with Crippen LogP contribution in [0.15, 0.2) is 59.4 Å². The largest absolute Gasteiger partial charge is 1.00 e. The predicted octanol–water partition coefficient (Wildman–Crippen LogP) is -2.22. The second-order valence-corrected chi connectivity index (χ2v) is 32.2. The first-order valence-electron chi connectivity index (χ1n) is 42.6. The number of ketones is 1. The number of fused-ring (bicyclic) bond motifs is 4. The summed E-state index contributed by atoms with van der Waals surface area (Å²) in [6.45, 7) is 19.6. The Morgan fingerprint density at radius 3 is 1.19 bits per heavy atom. The fourth-order valence-corrected chi connectivity index (χ4v) is 15.8. The van der Waals surface area contributed by atoms with Crippen LogP contribution in [0.1, 0.15) is 223 Å². The Labute approximate surface area is 795 Å². The molecule has 9 N–H and O–H groups in total. The topological polar surface area (TPSA) is 651 Å². The molecule has 5 aromatic heterocycles. The van der Waals surface area contributed by atoms with Crippen molar-refractivity contribution in [3.63, 3.8) is 0 Å². The van der Waals surface area contributed by atoms with E-state index in [4.69, 9.17) is 102 Å². The van der Waals surface area contributed by atoms with Crippen molar-refractivity contribution in [3.8, 4) is 28.7 Å². The number of aliphatic hydroxyl groups is 3. The molecule has 7 fully saturated rings. The standard InChI is InChI=1S/C17H20N2O7.C17H23NO8.C17H21NO8.C16H18N2O7.C12H14O7.C5H11NO2.C3H9NO.Li.H2O/c1-9-7-26-17-4-5-25-8-11(17)18-6-10(16(22)24-3)13(20)14(23-2)12(18)15(21)19(9)17;2*1-9(2)26-17(22)13-15(23-3)14(20)10(16(21)24-4)7-18(13)11-8-25-6-5-12(11)19;1-8-6-25-16-3-4-24-7-10(16)17-5-9(15(21)22)12(19)13(23-2)11(17)14(20)18(8)16;1-6(2)19-12(15)10-9(16-3)8(13)7(5-18-10)11(14)17-4;6-4-3-8-2-1-5(4)7;1-3(4)2-5;;/h6,9,11H,4-5,7-8H2,1-3H3;7,9,11-12,19H,5-6,8H2,1-4H3;7,9,11H,5-6,8H2,1-4H3;5,8,10H,3-4,6-7H2,1-2H3,(H,21,22);5-6H,1-4H3;4-5,7H,1-3,6H2;3,5H,2,4H2,1H3;;1H2/q;;;;;;;+1;/p-1/t9-,11+,17+;11-,12-;11-;8-,10+,16+;;4-,5-;3-;;/m1001.01../s1. The molecule has 0 bridgehead atoms. The van der Waals surface area contributed by atoms with Crippen LogP contribution in [0, 0.1) is 0 Å². The average Bonchev–Trinajstić information content (AvgIpc) is 1.62. The van der Waals surface area contributed by atoms with Gasteiger partial charge in [-0.15, -0.1) is 0 Å². The zero-order valence-corrected chi connectivity index (χ0v) is 79.4. The molecule has 2 amide bonds. The molecule has 12 atom stereocenters. The Kier molecular flexibility index (Phi) is 42.0. The van der Waals surface area contributed by atoms with E-state index in [1.165, 1.54) is 75.0 Å². The van der Waals surface area contributed by atoms with Crippen molar-refractivity contribution >= 4 is 65.4 Å². The number of pyridine rings is 4. The van der Waals surface area contributed by atoms with Gasteiger partial charge in [0.2, 0.25) is 32.9 Å². The monoisotopic (exact) mass is 1940 g/mol. The Morgan fingerprint density at radius 1 is 0.453 bits per heavy atom. The molecule has 14 rings (SSSR count). The van der Waals surface area contributed by atoms with E-state index >= 15 is 0 Å². The SMILES string of the molecule is COC(=O)c1cn([C@H]2COCCC2=O)c(C(=O)OC(C)C)c(OC)c1=O.COC(=O)c1cn([C@H]2COCC[C@@H]2O)c(C(=O)OC(C)C)c(OC)c1=O.COC(=O)c1cn2c(c(OC)c1=O)C(=O)N1[C@H](C)CO[C@]13CCOC[C@H]23.COC(=O)c1coc(C(=O)OC(C)C)c(OC)c1=O.COc1c2n(cc(C(=O)O)c1=O)[C@H]1COCC[C@]13OC[C@@H](C)N3C2=O.C[C@@H](N)CO.N[C@H]1COCC[C@@H]1O.[Li+].[OH-]. The number of methoxy groups -OCH3 is 9. The van der Waals surface area contributed by atoms with Gasteiger partial charge in [0.1, 0.15) is 52.2 Å².